The monoisotopic (exact) mass is 883 g/mol. The molecule has 4 N–H and O–H groups in total. The number of allylic oxidation sites excluding steroid dienone is 2. The summed E-state index contributed by atoms with van der Waals surface area (Å²) in [6.45, 7) is 3.43. The maximum absolute atomic E-state index is 12.8. The second-order valence-electron chi connectivity index (χ2n) is 18.3. The molecule has 6 atom stereocenters. The maximum Gasteiger partial charge on any atom is 0.306 e. The molecular weight excluding hydrogens is 785 g/mol. The van der Waals surface area contributed by atoms with Crippen LogP contribution < -0.4 is 0 Å². The van der Waals surface area contributed by atoms with E-state index in [1.54, 1.807) is 0 Å². The fourth-order valence-corrected chi connectivity index (χ4v) is 8.27. The van der Waals surface area contributed by atoms with Crippen molar-refractivity contribution >= 4 is 11.9 Å². The lowest BCUT2D eigenvalue weighted by atomic mass is 9.99. The Labute approximate surface area is 380 Å². The van der Waals surface area contributed by atoms with Gasteiger partial charge in [0.2, 0.25) is 0 Å². The van der Waals surface area contributed by atoms with E-state index in [0.29, 0.717) is 6.42 Å². The Morgan fingerprint density at radius 1 is 0.484 bits per heavy atom. The van der Waals surface area contributed by atoms with Crippen LogP contribution in [0.2, 0.25) is 0 Å². The van der Waals surface area contributed by atoms with E-state index in [4.69, 9.17) is 18.9 Å². The van der Waals surface area contributed by atoms with E-state index in [1.807, 2.05) is 6.08 Å². The Morgan fingerprint density at radius 3 is 1.32 bits per heavy atom. The molecule has 62 heavy (non-hydrogen) atoms. The number of hydrogen-bond donors (Lipinski definition) is 4. The number of ether oxygens (including phenoxy) is 4. The first-order valence-corrected chi connectivity index (χ1v) is 26.3. The summed E-state index contributed by atoms with van der Waals surface area (Å²) < 4.78 is 22.2. The molecule has 1 rings (SSSR count). The molecule has 10 heteroatoms. The smallest absolute Gasteiger partial charge is 0.306 e. The molecule has 0 saturated carbocycles. The van der Waals surface area contributed by atoms with Gasteiger partial charge in [0.15, 0.2) is 12.4 Å². The van der Waals surface area contributed by atoms with E-state index in [-0.39, 0.29) is 32.0 Å². The topological polar surface area (TPSA) is 152 Å². The lowest BCUT2D eigenvalue weighted by Crippen LogP contribution is -2.59. The Morgan fingerprint density at radius 2 is 0.887 bits per heavy atom. The van der Waals surface area contributed by atoms with Gasteiger partial charge in [-0.15, -0.1) is 0 Å². The predicted octanol–water partition coefficient (Wildman–Crippen LogP) is 12.3. The Bertz CT molecular complexity index is 1020. The first kappa shape index (κ1) is 58.5. The van der Waals surface area contributed by atoms with Crippen molar-refractivity contribution in [2.45, 2.75) is 288 Å². The predicted molar refractivity (Wildman–Crippen MR) is 252 cm³/mol. The van der Waals surface area contributed by atoms with Gasteiger partial charge in [0.25, 0.3) is 0 Å². The van der Waals surface area contributed by atoms with Gasteiger partial charge < -0.3 is 39.4 Å². The number of rotatable bonds is 45. The lowest BCUT2D eigenvalue weighted by Gasteiger charge is -2.39. The normalized spacial score (nSPS) is 19.6. The van der Waals surface area contributed by atoms with Gasteiger partial charge in [-0.1, -0.05) is 225 Å². The molecule has 0 aliphatic carbocycles. The molecule has 0 radical (unpaired) electrons. The van der Waals surface area contributed by atoms with Gasteiger partial charge in [0, 0.05) is 12.8 Å². The van der Waals surface area contributed by atoms with Crippen LogP contribution in [0.1, 0.15) is 251 Å². The first-order chi connectivity index (χ1) is 30.3. The van der Waals surface area contributed by atoms with Crippen LogP contribution in [0, 0.1) is 0 Å². The van der Waals surface area contributed by atoms with E-state index >= 15 is 0 Å². The highest BCUT2D eigenvalue weighted by atomic mass is 16.7. The zero-order valence-corrected chi connectivity index (χ0v) is 40.1. The minimum atomic E-state index is -1.60. The first-order valence-electron chi connectivity index (χ1n) is 26.3. The van der Waals surface area contributed by atoms with Crippen LogP contribution >= 0.6 is 0 Å². The summed E-state index contributed by atoms with van der Waals surface area (Å²) in [5.74, 6) is -0.847. The second-order valence-corrected chi connectivity index (χ2v) is 18.3. The van der Waals surface area contributed by atoms with Crippen LogP contribution in [0.3, 0.4) is 0 Å². The summed E-state index contributed by atoms with van der Waals surface area (Å²) in [4.78, 5) is 25.4. The van der Waals surface area contributed by atoms with Crippen molar-refractivity contribution in [3.8, 4) is 0 Å². The highest BCUT2D eigenvalue weighted by molar-refractivity contribution is 5.70. The molecule has 10 nitrogen and oxygen atoms in total. The van der Waals surface area contributed by atoms with Gasteiger partial charge in [-0.05, 0) is 25.7 Å². The molecule has 2 unspecified atom stereocenters. The summed E-state index contributed by atoms with van der Waals surface area (Å²) in [6, 6.07) is 0. The van der Waals surface area contributed by atoms with Crippen molar-refractivity contribution in [3.05, 3.63) is 12.2 Å². The number of aliphatic hydroxyl groups excluding tert-OH is 4. The maximum atomic E-state index is 12.8. The molecule has 0 aromatic rings. The van der Waals surface area contributed by atoms with Crippen LogP contribution in [0.25, 0.3) is 0 Å². The minimum absolute atomic E-state index is 0.152. The van der Waals surface area contributed by atoms with Crippen molar-refractivity contribution in [1.82, 2.24) is 0 Å². The number of carbonyl (C=O) groups excluding carboxylic acids is 2. The van der Waals surface area contributed by atoms with Crippen molar-refractivity contribution in [1.29, 1.82) is 0 Å². The molecule has 1 aliphatic rings. The molecule has 1 saturated heterocycles. The minimum Gasteiger partial charge on any atom is -0.462 e. The average molecular weight is 883 g/mol. The van der Waals surface area contributed by atoms with Gasteiger partial charge in [0.1, 0.15) is 31.0 Å². The van der Waals surface area contributed by atoms with E-state index in [0.717, 1.165) is 32.1 Å². The Hall–Kier alpha value is -1.56. The summed E-state index contributed by atoms with van der Waals surface area (Å²) in [5.41, 5.74) is 0. The molecule has 1 aliphatic heterocycles. The van der Waals surface area contributed by atoms with Gasteiger partial charge in [-0.25, -0.2) is 0 Å². The van der Waals surface area contributed by atoms with Crippen molar-refractivity contribution in [2.75, 3.05) is 19.8 Å². The molecule has 1 heterocycles. The molecule has 0 aromatic carbocycles. The van der Waals surface area contributed by atoms with Crippen molar-refractivity contribution in [3.63, 3.8) is 0 Å². The molecule has 366 valence electrons. The summed E-state index contributed by atoms with van der Waals surface area (Å²) >= 11 is 0. The lowest BCUT2D eigenvalue weighted by molar-refractivity contribution is -0.305. The molecule has 0 bridgehead atoms. The Kier molecular flexibility index (Phi) is 40.9. The van der Waals surface area contributed by atoms with Crippen LogP contribution in [0.5, 0.6) is 0 Å². The third kappa shape index (κ3) is 33.9. The zero-order chi connectivity index (χ0) is 45.1. The second kappa shape index (κ2) is 43.3. The number of hydrogen-bond acceptors (Lipinski definition) is 10. The van der Waals surface area contributed by atoms with Gasteiger partial charge in [0.05, 0.1) is 13.2 Å². The van der Waals surface area contributed by atoms with Crippen LogP contribution in [0.4, 0.5) is 0 Å². The third-order valence-corrected chi connectivity index (χ3v) is 12.4. The molecule has 1 fully saturated rings. The van der Waals surface area contributed by atoms with Crippen molar-refractivity contribution < 1.29 is 49.0 Å². The largest absolute Gasteiger partial charge is 0.462 e. The SMILES string of the molecule is CCCCCCCCCCCCC/C=C/CCC(=O)O[C@@H](COC(=O)CCCCCCCCCCCCCCCCCCCCCCCC)CO[C@H]1O[C@@H](CO)[C@@H](O)C(O)C1O. The van der Waals surface area contributed by atoms with Crippen molar-refractivity contribution in [2.24, 2.45) is 0 Å². The van der Waals surface area contributed by atoms with E-state index in [9.17, 15) is 30.0 Å². The molecule has 0 aromatic heterocycles. The molecule has 0 amide bonds. The van der Waals surface area contributed by atoms with Gasteiger partial charge >= 0.3 is 11.9 Å². The third-order valence-electron chi connectivity index (χ3n) is 12.4. The molecular formula is C52H98O10. The summed E-state index contributed by atoms with van der Waals surface area (Å²) in [5, 5.41) is 40.2. The standard InChI is InChI=1S/C52H98O10/c1-3-5-7-9-11-13-15-17-19-20-21-22-23-24-25-27-28-30-32-34-36-38-40-47(54)59-43-45(44-60-52-51(58)50(57)49(56)46(42-53)62-52)61-48(55)41-39-37-35-33-31-29-26-18-16-14-12-10-8-6-4-2/h35,37,45-46,49-53,56-58H,3-34,36,38-44H2,1-2H3/b37-35+/t45-,46-,49+,50?,51?,52-/m0/s1. The van der Waals surface area contributed by atoms with E-state index < -0.39 is 49.4 Å². The number of esters is 2. The summed E-state index contributed by atoms with van der Waals surface area (Å²) in [6.07, 6.45) is 41.0. The van der Waals surface area contributed by atoms with Crippen LogP contribution in [-0.4, -0.2) is 89.0 Å². The number of carbonyl (C=O) groups is 2. The van der Waals surface area contributed by atoms with Crippen LogP contribution in [0.15, 0.2) is 12.2 Å². The number of aliphatic hydroxyl groups is 4. The highest BCUT2D eigenvalue weighted by Crippen LogP contribution is 2.23. The van der Waals surface area contributed by atoms with E-state index in [2.05, 4.69) is 19.9 Å². The fraction of sp³-hybridized carbons (Fsp3) is 0.923. The van der Waals surface area contributed by atoms with E-state index in [1.165, 1.54) is 186 Å². The van der Waals surface area contributed by atoms with Crippen LogP contribution in [-0.2, 0) is 28.5 Å². The molecule has 0 spiro atoms. The fourth-order valence-electron chi connectivity index (χ4n) is 8.27. The average Bonchev–Trinajstić information content (AvgIpc) is 3.27. The summed E-state index contributed by atoms with van der Waals surface area (Å²) in [7, 11) is 0. The van der Waals surface area contributed by atoms with Gasteiger partial charge in [-0.3, -0.25) is 9.59 Å². The zero-order valence-electron chi connectivity index (χ0n) is 40.1. The quantitative estimate of drug-likeness (QED) is 0.0264. The Balaban J connectivity index is 2.23. The van der Waals surface area contributed by atoms with Gasteiger partial charge in [-0.2, -0.15) is 0 Å². The number of unbranched alkanes of at least 4 members (excludes halogenated alkanes) is 32. The highest BCUT2D eigenvalue weighted by Gasteiger charge is 2.44.